The molecule has 0 radical (unpaired) electrons. The smallest absolute Gasteiger partial charge is 0.303 e. The Morgan fingerprint density at radius 3 is 2.74 bits per heavy atom. The Bertz CT molecular complexity index is 727. The van der Waals surface area contributed by atoms with Crippen LogP contribution in [0.1, 0.15) is 35.8 Å². The minimum atomic E-state index is -0.881. The molecule has 0 saturated carbocycles. The zero-order valence-corrected chi connectivity index (χ0v) is 13.7. The van der Waals surface area contributed by atoms with Crippen LogP contribution in [0, 0.1) is 6.92 Å². The van der Waals surface area contributed by atoms with Crippen LogP contribution in [0.2, 0.25) is 5.02 Å². The number of halogens is 1. The van der Waals surface area contributed by atoms with Crippen molar-refractivity contribution < 1.29 is 14.7 Å². The molecule has 23 heavy (non-hydrogen) atoms. The van der Waals surface area contributed by atoms with E-state index in [0.717, 1.165) is 0 Å². The van der Waals surface area contributed by atoms with Crippen molar-refractivity contribution in [3.05, 3.63) is 46.7 Å². The quantitative estimate of drug-likeness (QED) is 0.850. The van der Waals surface area contributed by atoms with E-state index in [-0.39, 0.29) is 18.4 Å². The molecule has 6 nitrogen and oxygen atoms in total. The zero-order valence-electron chi connectivity index (χ0n) is 12.9. The number of para-hydroxylation sites is 1. The highest BCUT2D eigenvalue weighted by Gasteiger charge is 2.18. The number of benzene rings is 1. The van der Waals surface area contributed by atoms with Crippen molar-refractivity contribution in [3.8, 4) is 5.69 Å². The fourth-order valence-electron chi connectivity index (χ4n) is 2.21. The van der Waals surface area contributed by atoms with Crippen molar-refractivity contribution in [1.29, 1.82) is 0 Å². The SMILES string of the molecule is Cc1c(C(=O)NC(C)CCC(=O)O)cnn1-c1ccccc1Cl. The monoisotopic (exact) mass is 335 g/mol. The summed E-state index contributed by atoms with van der Waals surface area (Å²) in [5.74, 6) is -1.16. The summed E-state index contributed by atoms with van der Waals surface area (Å²) in [7, 11) is 0. The highest BCUT2D eigenvalue weighted by Crippen LogP contribution is 2.22. The van der Waals surface area contributed by atoms with Gasteiger partial charge in [0.2, 0.25) is 0 Å². The third-order valence-corrected chi connectivity index (χ3v) is 3.82. The molecule has 1 heterocycles. The predicted octanol–water partition coefficient (Wildman–Crippen LogP) is 2.82. The summed E-state index contributed by atoms with van der Waals surface area (Å²) in [6, 6.07) is 7.01. The number of aromatic nitrogens is 2. The Labute approximate surface area is 139 Å². The van der Waals surface area contributed by atoms with Gasteiger partial charge in [0.15, 0.2) is 0 Å². The summed E-state index contributed by atoms with van der Waals surface area (Å²) in [6.07, 6.45) is 1.87. The first kappa shape index (κ1) is 17.0. The molecule has 0 bridgehead atoms. The van der Waals surface area contributed by atoms with Gasteiger partial charge in [-0.1, -0.05) is 23.7 Å². The maximum absolute atomic E-state index is 12.3. The summed E-state index contributed by atoms with van der Waals surface area (Å²) < 4.78 is 1.61. The standard InChI is InChI=1S/C16H18ClN3O3/c1-10(7-8-15(21)22)19-16(23)12-9-18-20(11(12)2)14-6-4-3-5-13(14)17/h3-6,9-10H,7-8H2,1-2H3,(H,19,23)(H,21,22). The number of nitrogens with zero attached hydrogens (tertiary/aromatic N) is 2. The van der Waals surface area contributed by atoms with Crippen LogP contribution in [0.25, 0.3) is 5.69 Å². The number of rotatable bonds is 6. The van der Waals surface area contributed by atoms with Gasteiger partial charge in [-0.25, -0.2) is 4.68 Å². The van der Waals surface area contributed by atoms with Gasteiger partial charge in [0, 0.05) is 12.5 Å². The summed E-state index contributed by atoms with van der Waals surface area (Å²) >= 11 is 6.16. The number of carbonyl (C=O) groups is 2. The van der Waals surface area contributed by atoms with Crippen molar-refractivity contribution in [2.75, 3.05) is 0 Å². The molecule has 0 aliphatic rings. The molecule has 2 aromatic rings. The Hall–Kier alpha value is -2.34. The van der Waals surface area contributed by atoms with E-state index in [9.17, 15) is 9.59 Å². The molecule has 0 aliphatic heterocycles. The van der Waals surface area contributed by atoms with Crippen LogP contribution in [0.5, 0.6) is 0 Å². The van der Waals surface area contributed by atoms with Gasteiger partial charge in [-0.2, -0.15) is 5.10 Å². The van der Waals surface area contributed by atoms with Gasteiger partial charge in [0.1, 0.15) is 0 Å². The molecule has 7 heteroatoms. The van der Waals surface area contributed by atoms with Gasteiger partial charge in [-0.3, -0.25) is 9.59 Å². The van der Waals surface area contributed by atoms with Crippen LogP contribution in [-0.4, -0.2) is 32.8 Å². The van der Waals surface area contributed by atoms with Gasteiger partial charge in [0.25, 0.3) is 5.91 Å². The molecule has 122 valence electrons. The van der Waals surface area contributed by atoms with Crippen LogP contribution in [0.15, 0.2) is 30.5 Å². The van der Waals surface area contributed by atoms with Gasteiger partial charge in [-0.05, 0) is 32.4 Å². The topological polar surface area (TPSA) is 84.2 Å². The molecule has 1 aromatic heterocycles. The number of carbonyl (C=O) groups excluding carboxylic acids is 1. The van der Waals surface area contributed by atoms with E-state index in [1.165, 1.54) is 6.20 Å². The Kier molecular flexibility index (Phi) is 5.39. The van der Waals surface area contributed by atoms with Gasteiger partial charge >= 0.3 is 5.97 Å². The molecule has 1 unspecified atom stereocenters. The second-order valence-electron chi connectivity index (χ2n) is 5.31. The van der Waals surface area contributed by atoms with Crippen molar-refractivity contribution in [3.63, 3.8) is 0 Å². The number of nitrogens with one attached hydrogen (secondary N) is 1. The second kappa shape index (κ2) is 7.28. The number of aliphatic carboxylic acids is 1. The number of carboxylic acids is 1. The average Bonchev–Trinajstić information content (AvgIpc) is 2.87. The predicted molar refractivity (Wildman–Crippen MR) is 87.1 cm³/mol. The molecule has 1 amide bonds. The maximum Gasteiger partial charge on any atom is 0.303 e. The lowest BCUT2D eigenvalue weighted by molar-refractivity contribution is -0.137. The fraction of sp³-hybridized carbons (Fsp3) is 0.312. The second-order valence-corrected chi connectivity index (χ2v) is 5.72. The van der Waals surface area contributed by atoms with Crippen LogP contribution in [-0.2, 0) is 4.79 Å². The van der Waals surface area contributed by atoms with Crippen molar-refractivity contribution >= 4 is 23.5 Å². The third kappa shape index (κ3) is 4.10. The molecule has 1 atom stereocenters. The van der Waals surface area contributed by atoms with E-state index in [1.807, 2.05) is 18.2 Å². The van der Waals surface area contributed by atoms with Crippen molar-refractivity contribution in [1.82, 2.24) is 15.1 Å². The van der Waals surface area contributed by atoms with Crippen molar-refractivity contribution in [2.45, 2.75) is 32.7 Å². The summed E-state index contributed by atoms with van der Waals surface area (Å²) in [5, 5.41) is 16.2. The van der Waals surface area contributed by atoms with Crippen molar-refractivity contribution in [2.24, 2.45) is 0 Å². The lowest BCUT2D eigenvalue weighted by Gasteiger charge is -2.12. The molecule has 2 N–H and O–H groups in total. The lowest BCUT2D eigenvalue weighted by atomic mass is 10.1. The minimum absolute atomic E-state index is 0.0132. The molecule has 0 spiro atoms. The largest absolute Gasteiger partial charge is 0.481 e. The summed E-state index contributed by atoms with van der Waals surface area (Å²) in [6.45, 7) is 3.56. The van der Waals surface area contributed by atoms with E-state index in [0.29, 0.717) is 28.4 Å². The highest BCUT2D eigenvalue weighted by atomic mass is 35.5. The number of carboxylic acid groups (broad SMARTS) is 1. The maximum atomic E-state index is 12.3. The first-order valence-corrected chi connectivity index (χ1v) is 7.60. The molecule has 0 aliphatic carbocycles. The normalized spacial score (nSPS) is 12.0. The van der Waals surface area contributed by atoms with E-state index in [2.05, 4.69) is 10.4 Å². The lowest BCUT2D eigenvalue weighted by Crippen LogP contribution is -2.33. The molecule has 0 saturated heterocycles. The van der Waals surface area contributed by atoms with E-state index >= 15 is 0 Å². The fourth-order valence-corrected chi connectivity index (χ4v) is 2.43. The molecular formula is C16H18ClN3O3. The van der Waals surface area contributed by atoms with Crippen LogP contribution in [0.3, 0.4) is 0 Å². The Morgan fingerprint density at radius 2 is 2.09 bits per heavy atom. The van der Waals surface area contributed by atoms with E-state index < -0.39 is 5.97 Å². The molecule has 0 fully saturated rings. The Balaban J connectivity index is 2.14. The first-order chi connectivity index (χ1) is 10.9. The Morgan fingerprint density at radius 1 is 1.39 bits per heavy atom. The zero-order chi connectivity index (χ0) is 17.0. The summed E-state index contributed by atoms with van der Waals surface area (Å²) in [4.78, 5) is 22.9. The highest BCUT2D eigenvalue weighted by molar-refractivity contribution is 6.32. The van der Waals surface area contributed by atoms with Crippen LogP contribution < -0.4 is 5.32 Å². The minimum Gasteiger partial charge on any atom is -0.481 e. The number of hydrogen-bond acceptors (Lipinski definition) is 3. The van der Waals surface area contributed by atoms with Gasteiger partial charge in [0.05, 0.1) is 28.2 Å². The molecule has 1 aromatic carbocycles. The van der Waals surface area contributed by atoms with Gasteiger partial charge < -0.3 is 10.4 Å². The van der Waals surface area contributed by atoms with E-state index in [4.69, 9.17) is 16.7 Å². The van der Waals surface area contributed by atoms with Crippen LogP contribution in [0.4, 0.5) is 0 Å². The van der Waals surface area contributed by atoms with E-state index in [1.54, 1.807) is 24.6 Å². The number of hydrogen-bond donors (Lipinski definition) is 2. The molecular weight excluding hydrogens is 318 g/mol. The van der Waals surface area contributed by atoms with Crippen LogP contribution >= 0.6 is 11.6 Å². The molecule has 2 rings (SSSR count). The summed E-state index contributed by atoms with van der Waals surface area (Å²) in [5.41, 5.74) is 1.80. The first-order valence-electron chi connectivity index (χ1n) is 7.22. The third-order valence-electron chi connectivity index (χ3n) is 3.50. The number of amides is 1. The van der Waals surface area contributed by atoms with Gasteiger partial charge in [-0.15, -0.1) is 0 Å². The average molecular weight is 336 g/mol.